The Morgan fingerprint density at radius 1 is 1.02 bits per heavy atom. The predicted molar refractivity (Wildman–Crippen MR) is 153 cm³/mol. The smallest absolute Gasteiger partial charge is 0.329 e. The minimum atomic E-state index is -1.04. The maximum atomic E-state index is 15.8. The number of benzene rings is 2. The third kappa shape index (κ3) is 8.08. The number of aromatic nitrogens is 1. The minimum absolute atomic E-state index is 0.0318. The summed E-state index contributed by atoms with van der Waals surface area (Å²) in [6, 6.07) is 9.20. The standard InChI is InChI=1S/C31H38F2N2O8/c1-19(31(38)39-3)17-35-20(2)14-23-22-6-4-5-7-26(22)34-29(23)30(35)28-24(32)15-21(16-25(28)33)43-13-12-41-9-8-40-10-11-42-18-27(36)37/h4-7,15-16,19-20,30,34H,8-14,17-18H2,1-3H3,(H,36,37)/t19?,20-,30-/m1/s1. The van der Waals surface area contributed by atoms with Gasteiger partial charge < -0.3 is 33.8 Å². The van der Waals surface area contributed by atoms with E-state index in [4.69, 9.17) is 28.8 Å². The number of carbonyl (C=O) groups excluding carboxylic acids is 1. The quantitative estimate of drug-likeness (QED) is 0.184. The fourth-order valence-corrected chi connectivity index (χ4v) is 5.42. The molecule has 0 fully saturated rings. The zero-order valence-corrected chi connectivity index (χ0v) is 24.6. The Morgan fingerprint density at radius 3 is 2.30 bits per heavy atom. The predicted octanol–water partition coefficient (Wildman–Crippen LogP) is 4.10. The summed E-state index contributed by atoms with van der Waals surface area (Å²) in [5, 5.41) is 9.51. The van der Waals surface area contributed by atoms with Gasteiger partial charge in [0.2, 0.25) is 0 Å². The number of para-hydroxylation sites is 1. The zero-order valence-electron chi connectivity index (χ0n) is 24.6. The van der Waals surface area contributed by atoms with E-state index in [1.807, 2.05) is 36.1 Å². The van der Waals surface area contributed by atoms with Crippen molar-refractivity contribution in [3.63, 3.8) is 0 Å². The van der Waals surface area contributed by atoms with Gasteiger partial charge >= 0.3 is 11.9 Å². The van der Waals surface area contributed by atoms with Crippen molar-refractivity contribution < 1.29 is 47.2 Å². The highest BCUT2D eigenvalue weighted by Crippen LogP contribution is 2.43. The first kappa shape index (κ1) is 32.3. The number of ether oxygens (including phenoxy) is 5. The van der Waals surface area contributed by atoms with E-state index in [-0.39, 0.29) is 70.1 Å². The summed E-state index contributed by atoms with van der Waals surface area (Å²) in [7, 11) is 1.32. The SMILES string of the molecule is COC(=O)C(C)CN1[C@H](c2c(F)cc(OCCOCCOCCOCC(=O)O)cc2F)c2[nH]c3ccccc3c2C[C@H]1C. The van der Waals surface area contributed by atoms with Gasteiger partial charge in [-0.2, -0.15) is 0 Å². The largest absolute Gasteiger partial charge is 0.491 e. The molecule has 2 aromatic carbocycles. The van der Waals surface area contributed by atoms with Crippen LogP contribution in [0.15, 0.2) is 36.4 Å². The number of rotatable bonds is 16. The van der Waals surface area contributed by atoms with Crippen LogP contribution in [0, 0.1) is 17.6 Å². The van der Waals surface area contributed by atoms with Gasteiger partial charge in [0.1, 0.15) is 30.6 Å². The Bertz CT molecular complexity index is 1370. The molecule has 234 valence electrons. The zero-order chi connectivity index (χ0) is 30.9. The number of nitrogens with zero attached hydrogens (tertiary/aromatic N) is 1. The maximum absolute atomic E-state index is 15.8. The minimum Gasteiger partial charge on any atom is -0.491 e. The van der Waals surface area contributed by atoms with Crippen LogP contribution in [0.3, 0.4) is 0 Å². The molecule has 3 aromatic rings. The number of hydrogen-bond donors (Lipinski definition) is 2. The molecule has 3 atom stereocenters. The molecule has 1 unspecified atom stereocenters. The molecular weight excluding hydrogens is 566 g/mol. The van der Waals surface area contributed by atoms with E-state index in [2.05, 4.69) is 4.98 Å². The molecule has 1 aromatic heterocycles. The van der Waals surface area contributed by atoms with Gasteiger partial charge in [-0.3, -0.25) is 9.69 Å². The second-order valence-corrected chi connectivity index (χ2v) is 10.5. The lowest BCUT2D eigenvalue weighted by atomic mass is 9.87. The third-order valence-corrected chi connectivity index (χ3v) is 7.40. The lowest BCUT2D eigenvalue weighted by molar-refractivity contribution is -0.146. The van der Waals surface area contributed by atoms with Crippen molar-refractivity contribution in [3.8, 4) is 5.75 Å². The summed E-state index contributed by atoms with van der Waals surface area (Å²) in [5.74, 6) is -3.43. The number of nitrogens with one attached hydrogen (secondary N) is 1. The number of esters is 1. The fraction of sp³-hybridized carbons (Fsp3) is 0.484. The van der Waals surface area contributed by atoms with Gasteiger partial charge in [0.05, 0.1) is 52.1 Å². The van der Waals surface area contributed by atoms with Crippen LogP contribution in [0.1, 0.15) is 36.7 Å². The molecule has 0 saturated carbocycles. The van der Waals surface area contributed by atoms with Gasteiger partial charge in [0.15, 0.2) is 0 Å². The third-order valence-electron chi connectivity index (χ3n) is 7.40. The van der Waals surface area contributed by atoms with Gasteiger partial charge in [0, 0.05) is 46.9 Å². The first-order valence-electron chi connectivity index (χ1n) is 14.2. The molecule has 0 amide bonds. The molecule has 0 spiro atoms. The first-order valence-corrected chi connectivity index (χ1v) is 14.2. The molecule has 0 aliphatic carbocycles. The molecule has 0 bridgehead atoms. The number of halogens is 2. The number of hydrogen-bond acceptors (Lipinski definition) is 8. The number of fused-ring (bicyclic) bond motifs is 3. The van der Waals surface area contributed by atoms with Crippen LogP contribution >= 0.6 is 0 Å². The average molecular weight is 605 g/mol. The number of aromatic amines is 1. The summed E-state index contributed by atoms with van der Waals surface area (Å²) < 4.78 is 57.7. The second kappa shape index (κ2) is 15.2. The summed E-state index contributed by atoms with van der Waals surface area (Å²) in [6.45, 7) is 4.76. The van der Waals surface area contributed by atoms with E-state index < -0.39 is 35.5 Å². The molecule has 1 aliphatic heterocycles. The van der Waals surface area contributed by atoms with E-state index in [9.17, 15) is 9.59 Å². The Labute approximate surface area is 248 Å². The molecule has 10 nitrogen and oxygen atoms in total. The maximum Gasteiger partial charge on any atom is 0.329 e. The van der Waals surface area contributed by atoms with Gasteiger partial charge in [-0.1, -0.05) is 25.1 Å². The van der Waals surface area contributed by atoms with E-state index in [1.165, 1.54) is 19.2 Å². The molecule has 1 aliphatic rings. The van der Waals surface area contributed by atoms with Crippen LogP contribution in [0.2, 0.25) is 0 Å². The summed E-state index contributed by atoms with van der Waals surface area (Å²) in [5.41, 5.74) is 2.46. The normalized spacial score (nSPS) is 17.5. The number of carboxylic acid groups (broad SMARTS) is 1. The van der Waals surface area contributed by atoms with Crippen molar-refractivity contribution >= 4 is 22.8 Å². The molecule has 4 rings (SSSR count). The molecule has 2 N–H and O–H groups in total. The average Bonchev–Trinajstić information content (AvgIpc) is 3.34. The Hall–Kier alpha value is -3.58. The topological polar surface area (TPSA) is 120 Å². The fourth-order valence-electron chi connectivity index (χ4n) is 5.42. The molecule has 0 radical (unpaired) electrons. The van der Waals surface area contributed by atoms with Crippen LogP contribution in [0.4, 0.5) is 8.78 Å². The molecular formula is C31H38F2N2O8. The molecule has 12 heteroatoms. The Morgan fingerprint density at radius 2 is 1.65 bits per heavy atom. The van der Waals surface area contributed by atoms with Crippen molar-refractivity contribution in [1.29, 1.82) is 0 Å². The van der Waals surface area contributed by atoms with Crippen LogP contribution in [-0.4, -0.2) is 92.9 Å². The Kier molecular flexibility index (Phi) is 11.5. The number of methoxy groups -OCH3 is 1. The van der Waals surface area contributed by atoms with Crippen molar-refractivity contribution in [2.75, 3.05) is 59.9 Å². The summed E-state index contributed by atoms with van der Waals surface area (Å²) in [6.07, 6.45) is 0.651. The highest BCUT2D eigenvalue weighted by molar-refractivity contribution is 5.85. The lowest BCUT2D eigenvalue weighted by Crippen LogP contribution is -2.46. The van der Waals surface area contributed by atoms with Crippen LogP contribution in [0.25, 0.3) is 10.9 Å². The lowest BCUT2D eigenvalue weighted by Gasteiger charge is -2.42. The van der Waals surface area contributed by atoms with Gasteiger partial charge in [-0.25, -0.2) is 13.6 Å². The van der Waals surface area contributed by atoms with Crippen LogP contribution in [-0.2, 0) is 35.0 Å². The van der Waals surface area contributed by atoms with Crippen molar-refractivity contribution in [2.45, 2.75) is 32.4 Å². The van der Waals surface area contributed by atoms with E-state index in [0.29, 0.717) is 12.1 Å². The Balaban J connectivity index is 1.44. The second-order valence-electron chi connectivity index (χ2n) is 10.5. The monoisotopic (exact) mass is 604 g/mol. The summed E-state index contributed by atoms with van der Waals surface area (Å²) in [4.78, 5) is 28.0. The molecule has 43 heavy (non-hydrogen) atoms. The first-order chi connectivity index (χ1) is 20.7. The van der Waals surface area contributed by atoms with E-state index in [0.717, 1.165) is 16.5 Å². The number of H-pyrrole nitrogens is 1. The van der Waals surface area contributed by atoms with Gasteiger partial charge in [0.25, 0.3) is 0 Å². The molecule has 0 saturated heterocycles. The number of carboxylic acids is 1. The van der Waals surface area contributed by atoms with Crippen molar-refractivity contribution in [3.05, 3.63) is 64.9 Å². The van der Waals surface area contributed by atoms with E-state index >= 15 is 8.78 Å². The van der Waals surface area contributed by atoms with Gasteiger partial charge in [-0.15, -0.1) is 0 Å². The van der Waals surface area contributed by atoms with E-state index in [1.54, 1.807) is 6.92 Å². The summed E-state index contributed by atoms with van der Waals surface area (Å²) >= 11 is 0. The highest BCUT2D eigenvalue weighted by atomic mass is 19.1. The molecule has 2 heterocycles. The number of aliphatic carboxylic acids is 1. The highest BCUT2D eigenvalue weighted by Gasteiger charge is 2.40. The van der Waals surface area contributed by atoms with Crippen molar-refractivity contribution in [2.24, 2.45) is 5.92 Å². The van der Waals surface area contributed by atoms with Crippen molar-refractivity contribution in [1.82, 2.24) is 9.88 Å². The van der Waals surface area contributed by atoms with Crippen LogP contribution < -0.4 is 4.74 Å². The van der Waals surface area contributed by atoms with Crippen LogP contribution in [0.5, 0.6) is 5.75 Å². The van der Waals surface area contributed by atoms with Gasteiger partial charge in [-0.05, 0) is 25.0 Å². The number of carbonyl (C=O) groups is 2.